The number of carbonyl (C=O) groups is 2. The first kappa shape index (κ1) is 22.8. The predicted octanol–water partition coefficient (Wildman–Crippen LogP) is 6.37. The second-order valence-electron chi connectivity index (χ2n) is 7.12. The Labute approximate surface area is 194 Å². The zero-order chi connectivity index (χ0) is 22.4. The van der Waals surface area contributed by atoms with Gasteiger partial charge >= 0.3 is 5.97 Å². The Hall–Kier alpha value is -2.83. The van der Waals surface area contributed by atoms with E-state index in [9.17, 15) is 9.59 Å². The number of thioether (sulfide) groups is 1. The van der Waals surface area contributed by atoms with Gasteiger partial charge in [-0.15, -0.1) is 11.8 Å². The molecular formula is C25H22BrNO3S. The highest BCUT2D eigenvalue weighted by molar-refractivity contribution is 9.10. The average molecular weight is 496 g/mol. The van der Waals surface area contributed by atoms with Gasteiger partial charge in [0.1, 0.15) is 0 Å². The van der Waals surface area contributed by atoms with Crippen LogP contribution < -0.4 is 4.90 Å². The van der Waals surface area contributed by atoms with Crippen molar-refractivity contribution in [2.24, 2.45) is 0 Å². The second-order valence-corrected chi connectivity index (χ2v) is 9.05. The molecule has 6 heteroatoms. The molecule has 0 heterocycles. The summed E-state index contributed by atoms with van der Waals surface area (Å²) in [5, 5.41) is 9.10. The van der Waals surface area contributed by atoms with Gasteiger partial charge in [0.2, 0.25) is 0 Å². The van der Waals surface area contributed by atoms with Crippen molar-refractivity contribution in [2.75, 3.05) is 19.0 Å². The van der Waals surface area contributed by atoms with Gasteiger partial charge in [-0.1, -0.05) is 52.3 Å². The Balaban J connectivity index is 1.89. The van der Waals surface area contributed by atoms with Crippen LogP contribution in [0.25, 0.3) is 6.08 Å². The molecular weight excluding hydrogens is 474 g/mol. The number of hydrogen-bond donors (Lipinski definition) is 1. The molecule has 0 bridgehead atoms. The molecule has 0 saturated carbocycles. The average Bonchev–Trinajstić information content (AvgIpc) is 2.77. The summed E-state index contributed by atoms with van der Waals surface area (Å²) in [4.78, 5) is 27.0. The smallest absolute Gasteiger partial charge is 0.335 e. The Kier molecular flexibility index (Phi) is 7.71. The summed E-state index contributed by atoms with van der Waals surface area (Å²) in [6.07, 6.45) is 1.89. The van der Waals surface area contributed by atoms with Gasteiger partial charge in [-0.25, -0.2) is 4.79 Å². The molecule has 0 amide bonds. The maximum absolute atomic E-state index is 13.2. The quantitative estimate of drug-likeness (QED) is 0.290. The first-order valence-electron chi connectivity index (χ1n) is 9.58. The topological polar surface area (TPSA) is 57.6 Å². The molecule has 0 aliphatic heterocycles. The van der Waals surface area contributed by atoms with Crippen LogP contribution in [0.5, 0.6) is 0 Å². The van der Waals surface area contributed by atoms with Crippen LogP contribution >= 0.6 is 27.7 Å². The van der Waals surface area contributed by atoms with Gasteiger partial charge < -0.3 is 10.0 Å². The molecule has 0 aliphatic rings. The molecule has 0 unspecified atom stereocenters. The van der Waals surface area contributed by atoms with E-state index in [4.69, 9.17) is 5.11 Å². The van der Waals surface area contributed by atoms with Gasteiger partial charge in [-0.2, -0.15) is 0 Å². The molecule has 158 valence electrons. The van der Waals surface area contributed by atoms with Crippen molar-refractivity contribution in [3.05, 3.63) is 104 Å². The summed E-state index contributed by atoms with van der Waals surface area (Å²) >= 11 is 4.91. The number of rotatable bonds is 8. The standard InChI is InChI=1S/C25H22BrNO3S/c1-27(2)22-13-5-17(6-14-22)15-23(31-16-18-3-11-21(26)12-4-18)24(28)19-7-9-20(10-8-19)25(29)30/h3-15H,16H2,1-2H3,(H,29,30)/b23-15+. The molecule has 3 aromatic carbocycles. The lowest BCUT2D eigenvalue weighted by Crippen LogP contribution is -2.08. The van der Waals surface area contributed by atoms with Crippen molar-refractivity contribution in [1.82, 2.24) is 0 Å². The van der Waals surface area contributed by atoms with Crippen molar-refractivity contribution < 1.29 is 14.7 Å². The van der Waals surface area contributed by atoms with Crippen LogP contribution in [0.1, 0.15) is 31.8 Å². The van der Waals surface area contributed by atoms with Crippen LogP contribution in [0, 0.1) is 0 Å². The lowest BCUT2D eigenvalue weighted by Gasteiger charge is -2.12. The number of carboxylic acid groups (broad SMARTS) is 1. The fraction of sp³-hybridized carbons (Fsp3) is 0.120. The normalized spacial score (nSPS) is 11.3. The van der Waals surface area contributed by atoms with Gasteiger partial charge in [0.15, 0.2) is 5.78 Å². The minimum Gasteiger partial charge on any atom is -0.478 e. The minimum absolute atomic E-state index is 0.129. The number of hydrogen-bond acceptors (Lipinski definition) is 4. The van der Waals surface area contributed by atoms with Crippen molar-refractivity contribution >= 4 is 51.2 Å². The van der Waals surface area contributed by atoms with Crippen LogP contribution in [-0.2, 0) is 5.75 Å². The van der Waals surface area contributed by atoms with Crippen LogP contribution in [0.2, 0.25) is 0 Å². The summed E-state index contributed by atoms with van der Waals surface area (Å²) in [6.45, 7) is 0. The maximum atomic E-state index is 13.2. The number of carbonyl (C=O) groups excluding carboxylic acids is 1. The molecule has 0 saturated heterocycles. The Morgan fingerprint density at radius 3 is 2.03 bits per heavy atom. The van der Waals surface area contributed by atoms with Crippen LogP contribution in [0.3, 0.4) is 0 Å². The third-order valence-corrected chi connectivity index (χ3v) is 6.25. The Bertz CT molecular complexity index is 1090. The summed E-state index contributed by atoms with van der Waals surface area (Å²) < 4.78 is 1.01. The third kappa shape index (κ3) is 6.32. The SMILES string of the molecule is CN(C)c1ccc(/C=C(/SCc2ccc(Br)cc2)C(=O)c2ccc(C(=O)O)cc2)cc1. The second kappa shape index (κ2) is 10.5. The minimum atomic E-state index is -1.01. The number of benzene rings is 3. The molecule has 4 nitrogen and oxygen atoms in total. The van der Waals surface area contributed by atoms with Crippen LogP contribution in [0.4, 0.5) is 5.69 Å². The maximum Gasteiger partial charge on any atom is 0.335 e. The summed E-state index contributed by atoms with van der Waals surface area (Å²) in [5.74, 6) is -0.496. The molecule has 0 fully saturated rings. The summed E-state index contributed by atoms with van der Waals surface area (Å²) in [6, 6.07) is 22.0. The molecule has 3 rings (SSSR count). The van der Waals surface area contributed by atoms with E-state index in [1.165, 1.54) is 23.9 Å². The van der Waals surface area contributed by atoms with Crippen molar-refractivity contribution in [3.8, 4) is 0 Å². The third-order valence-electron chi connectivity index (χ3n) is 4.63. The summed E-state index contributed by atoms with van der Waals surface area (Å²) in [7, 11) is 3.96. The van der Waals surface area contributed by atoms with Crippen molar-refractivity contribution in [2.45, 2.75) is 5.75 Å². The highest BCUT2D eigenvalue weighted by Gasteiger charge is 2.15. The van der Waals surface area contributed by atoms with Gasteiger partial charge in [-0.3, -0.25) is 4.79 Å². The molecule has 3 aromatic rings. The number of carboxylic acids is 1. The lowest BCUT2D eigenvalue weighted by molar-refractivity contribution is 0.0696. The Morgan fingerprint density at radius 2 is 1.48 bits per heavy atom. The molecule has 0 spiro atoms. The summed E-state index contributed by atoms with van der Waals surface area (Å²) in [5.41, 5.74) is 3.74. The molecule has 31 heavy (non-hydrogen) atoms. The number of ketones is 1. The van der Waals surface area contributed by atoms with Gasteiger partial charge in [-0.05, 0) is 53.6 Å². The van der Waals surface area contributed by atoms with E-state index in [-0.39, 0.29) is 11.3 Å². The number of anilines is 1. The molecule has 0 aliphatic carbocycles. The van der Waals surface area contributed by atoms with Crippen LogP contribution in [0.15, 0.2) is 82.2 Å². The molecule has 0 atom stereocenters. The predicted molar refractivity (Wildman–Crippen MR) is 132 cm³/mol. The zero-order valence-electron chi connectivity index (χ0n) is 17.2. The van der Waals surface area contributed by atoms with Gasteiger partial charge in [0, 0.05) is 35.6 Å². The number of aromatic carboxylic acids is 1. The first-order valence-corrected chi connectivity index (χ1v) is 11.4. The molecule has 0 radical (unpaired) electrons. The van der Waals surface area contributed by atoms with Crippen molar-refractivity contribution in [3.63, 3.8) is 0 Å². The first-order chi connectivity index (χ1) is 14.8. The van der Waals surface area contributed by atoms with E-state index in [1.807, 2.05) is 73.6 Å². The van der Waals surface area contributed by atoms with E-state index in [1.54, 1.807) is 12.1 Å². The highest BCUT2D eigenvalue weighted by atomic mass is 79.9. The van der Waals surface area contributed by atoms with E-state index in [0.29, 0.717) is 16.2 Å². The Morgan fingerprint density at radius 1 is 0.903 bits per heavy atom. The number of allylic oxidation sites excluding steroid dienone is 1. The number of Topliss-reactive ketones (excluding diaryl/α,β-unsaturated/α-hetero) is 1. The molecule has 1 N–H and O–H groups in total. The number of halogens is 1. The zero-order valence-corrected chi connectivity index (χ0v) is 19.6. The van der Waals surface area contributed by atoms with Crippen molar-refractivity contribution in [1.29, 1.82) is 0 Å². The monoisotopic (exact) mass is 495 g/mol. The number of nitrogens with zero attached hydrogens (tertiary/aromatic N) is 1. The molecule has 0 aromatic heterocycles. The highest BCUT2D eigenvalue weighted by Crippen LogP contribution is 2.28. The van der Waals surface area contributed by atoms with Gasteiger partial charge in [0.05, 0.1) is 10.5 Å². The fourth-order valence-electron chi connectivity index (χ4n) is 2.84. The largest absolute Gasteiger partial charge is 0.478 e. The fourth-order valence-corrected chi connectivity index (χ4v) is 4.09. The van der Waals surface area contributed by atoms with E-state index >= 15 is 0 Å². The lowest BCUT2D eigenvalue weighted by atomic mass is 10.1. The van der Waals surface area contributed by atoms with E-state index < -0.39 is 5.97 Å². The van der Waals surface area contributed by atoms with E-state index in [0.717, 1.165) is 21.3 Å². The van der Waals surface area contributed by atoms with E-state index in [2.05, 4.69) is 15.9 Å². The van der Waals surface area contributed by atoms with Gasteiger partial charge in [0.25, 0.3) is 0 Å². The van der Waals surface area contributed by atoms with Crippen LogP contribution in [-0.4, -0.2) is 31.0 Å².